The molecule has 332 valence electrons. The number of aromatic nitrogens is 4. The lowest BCUT2D eigenvalue weighted by Gasteiger charge is -2.27. The van der Waals surface area contributed by atoms with E-state index in [4.69, 9.17) is 23.5 Å². The Labute approximate surface area is 352 Å². The summed E-state index contributed by atoms with van der Waals surface area (Å²) < 4.78 is 22.3. The third-order valence-corrected chi connectivity index (χ3v) is 12.2. The first-order valence-electron chi connectivity index (χ1n) is 23.0. The Morgan fingerprint density at radius 3 is 1.78 bits per heavy atom. The number of carboxylic acids is 1. The molecule has 4 atom stereocenters. The molecule has 4 fully saturated rings. The van der Waals surface area contributed by atoms with E-state index in [1.807, 2.05) is 41.5 Å². The molecule has 14 heteroatoms. The Morgan fingerprint density at radius 2 is 1.25 bits per heavy atom. The minimum atomic E-state index is -0.795. The average Bonchev–Trinajstić information content (AvgIpc) is 4.01. The van der Waals surface area contributed by atoms with Crippen LogP contribution in [0.15, 0.2) is 9.05 Å². The summed E-state index contributed by atoms with van der Waals surface area (Å²) in [6.45, 7) is 12.8. The second kappa shape index (κ2) is 22.3. The molecule has 2 unspecified atom stereocenters. The molecule has 0 spiro atoms. The number of hydrogen-bond acceptors (Lipinski definition) is 12. The van der Waals surface area contributed by atoms with Crippen LogP contribution in [-0.4, -0.2) is 72.6 Å². The van der Waals surface area contributed by atoms with Crippen LogP contribution in [0.5, 0.6) is 0 Å². The van der Waals surface area contributed by atoms with Crippen molar-refractivity contribution in [2.75, 3.05) is 13.1 Å². The van der Waals surface area contributed by atoms with Crippen LogP contribution in [0, 0.1) is 11.8 Å². The number of nitrogens with zero attached hydrogens (tertiary/aromatic N) is 5. The number of nitrogens with one attached hydrogen (secondary N) is 1. The maximum Gasteiger partial charge on any atom is 0.410 e. The van der Waals surface area contributed by atoms with Gasteiger partial charge in [-0.1, -0.05) is 100 Å². The normalized spacial score (nSPS) is 21.8. The molecular formula is C45H74N6O8. The first-order valence-corrected chi connectivity index (χ1v) is 23.0. The second-order valence-electron chi connectivity index (χ2n) is 19.6. The zero-order valence-corrected chi connectivity index (χ0v) is 37.0. The Balaban J connectivity index is 0.000000240. The molecule has 1 amide bonds. The van der Waals surface area contributed by atoms with E-state index in [2.05, 4.69) is 20.6 Å². The minimum Gasteiger partial charge on any atom is -0.481 e. The van der Waals surface area contributed by atoms with Gasteiger partial charge in [-0.25, -0.2) is 4.79 Å². The molecule has 2 N–H and O–H groups in total. The smallest absolute Gasteiger partial charge is 0.410 e. The molecule has 0 aromatic carbocycles. The fraction of sp³-hybridized carbons (Fsp3) is 0.844. The van der Waals surface area contributed by atoms with Gasteiger partial charge < -0.3 is 28.9 Å². The van der Waals surface area contributed by atoms with Crippen molar-refractivity contribution in [1.29, 1.82) is 0 Å². The number of amides is 1. The van der Waals surface area contributed by atoms with E-state index >= 15 is 0 Å². The number of carbonyl (C=O) groups excluding carboxylic acids is 2. The third-order valence-electron chi connectivity index (χ3n) is 12.2. The summed E-state index contributed by atoms with van der Waals surface area (Å²) in [6.07, 6.45) is 23.1. The van der Waals surface area contributed by atoms with Crippen LogP contribution in [0.25, 0.3) is 0 Å². The molecule has 4 heterocycles. The fourth-order valence-electron chi connectivity index (χ4n) is 9.26. The summed E-state index contributed by atoms with van der Waals surface area (Å²) in [7, 11) is 0. The highest BCUT2D eigenvalue weighted by Crippen LogP contribution is 2.36. The van der Waals surface area contributed by atoms with Gasteiger partial charge in [0, 0.05) is 18.4 Å². The molecule has 2 saturated heterocycles. The molecule has 6 rings (SSSR count). The Morgan fingerprint density at radius 1 is 0.712 bits per heavy atom. The quantitative estimate of drug-likeness (QED) is 0.153. The van der Waals surface area contributed by atoms with Crippen LogP contribution in [0.4, 0.5) is 4.79 Å². The van der Waals surface area contributed by atoms with E-state index in [9.17, 15) is 19.5 Å². The molecule has 2 aromatic heterocycles. The Kier molecular flexibility index (Phi) is 17.6. The molecule has 2 aromatic rings. The molecule has 2 aliphatic heterocycles. The summed E-state index contributed by atoms with van der Waals surface area (Å²) in [5, 5.41) is 20.9. The van der Waals surface area contributed by atoms with Gasteiger partial charge in [0.15, 0.2) is 11.6 Å². The van der Waals surface area contributed by atoms with Gasteiger partial charge in [0.1, 0.15) is 11.2 Å². The average molecular weight is 827 g/mol. The highest BCUT2D eigenvalue weighted by Gasteiger charge is 2.37. The molecule has 2 aliphatic carbocycles. The molecule has 14 nitrogen and oxygen atoms in total. The first kappa shape index (κ1) is 46.5. The molecule has 59 heavy (non-hydrogen) atoms. The van der Waals surface area contributed by atoms with E-state index in [0.29, 0.717) is 30.0 Å². The molecule has 0 bridgehead atoms. The van der Waals surface area contributed by atoms with Crippen molar-refractivity contribution in [1.82, 2.24) is 30.5 Å². The van der Waals surface area contributed by atoms with E-state index in [-0.39, 0.29) is 48.8 Å². The van der Waals surface area contributed by atoms with Crippen LogP contribution in [0.3, 0.4) is 0 Å². The van der Waals surface area contributed by atoms with Crippen LogP contribution in [0.1, 0.15) is 230 Å². The van der Waals surface area contributed by atoms with Gasteiger partial charge in [-0.15, -0.1) is 0 Å². The summed E-state index contributed by atoms with van der Waals surface area (Å²) in [5.74, 6) is 2.35. The highest BCUT2D eigenvalue weighted by atomic mass is 16.6. The zero-order valence-electron chi connectivity index (χ0n) is 37.0. The number of carbonyl (C=O) groups is 3. The van der Waals surface area contributed by atoms with Crippen LogP contribution in [-0.2, 0) is 19.1 Å². The molecule has 0 radical (unpaired) electrons. The van der Waals surface area contributed by atoms with Gasteiger partial charge in [0.25, 0.3) is 0 Å². The van der Waals surface area contributed by atoms with Crippen molar-refractivity contribution in [3.05, 3.63) is 23.4 Å². The van der Waals surface area contributed by atoms with Gasteiger partial charge in [-0.3, -0.25) is 14.5 Å². The number of rotatable bonds is 16. The monoisotopic (exact) mass is 827 g/mol. The first-order chi connectivity index (χ1) is 28.1. The molecular weight excluding hydrogens is 753 g/mol. The van der Waals surface area contributed by atoms with Crippen molar-refractivity contribution >= 4 is 18.0 Å². The van der Waals surface area contributed by atoms with Crippen LogP contribution < -0.4 is 5.32 Å². The van der Waals surface area contributed by atoms with Gasteiger partial charge in [0.2, 0.25) is 11.8 Å². The standard InChI is InChI=1S/C27H45N3O5.C18H29N3O3/c1-26(2,3)33-22(31)18-20(15-10-14-19-12-8-7-9-13-19)24-28-23(29-35-24)21-16-11-17-30(21)25(32)34-27(4,5)6;22-16(23)12-14(9-4-8-13-6-2-1-3-7-13)18-20-17(21-24-18)15-10-5-11-19-15/h19-21H,7-18H2,1-6H3;13-15,19H,1-12H2,(H,22,23)/t20-,21?;14-,15?/m11/s1. The molecule has 2 saturated carbocycles. The van der Waals surface area contributed by atoms with Gasteiger partial charge in [-0.2, -0.15) is 9.97 Å². The van der Waals surface area contributed by atoms with Gasteiger partial charge in [0.05, 0.1) is 24.9 Å². The van der Waals surface area contributed by atoms with E-state index in [1.165, 1.54) is 77.0 Å². The number of carboxylic acid groups (broad SMARTS) is 1. The maximum absolute atomic E-state index is 12.7. The summed E-state index contributed by atoms with van der Waals surface area (Å²) in [4.78, 5) is 47.5. The lowest BCUT2D eigenvalue weighted by Crippen LogP contribution is -2.36. The lowest BCUT2D eigenvalue weighted by molar-refractivity contribution is -0.155. The van der Waals surface area contributed by atoms with Crippen molar-refractivity contribution < 1.29 is 38.0 Å². The minimum absolute atomic E-state index is 0.0738. The van der Waals surface area contributed by atoms with E-state index in [1.54, 1.807) is 4.90 Å². The number of hydrogen-bond donors (Lipinski definition) is 2. The predicted molar refractivity (Wildman–Crippen MR) is 223 cm³/mol. The SMILES string of the molecule is CC(C)(C)OC(=O)C[C@@H](CCCC1CCCCC1)c1nc(C2CCCN2C(=O)OC(C)(C)C)no1.O=C(O)C[C@@H](CCCC1CCCCC1)c1nc(C2CCCN2)no1. The van der Waals surface area contributed by atoms with Crippen LogP contribution >= 0.6 is 0 Å². The number of esters is 1. The third kappa shape index (κ3) is 15.8. The summed E-state index contributed by atoms with van der Waals surface area (Å²) in [5.41, 5.74) is -1.11. The predicted octanol–water partition coefficient (Wildman–Crippen LogP) is 10.5. The van der Waals surface area contributed by atoms with Crippen molar-refractivity contribution in [2.24, 2.45) is 11.8 Å². The van der Waals surface area contributed by atoms with Crippen molar-refractivity contribution in [3.63, 3.8) is 0 Å². The highest BCUT2D eigenvalue weighted by molar-refractivity contribution is 5.71. The number of aliphatic carboxylic acids is 1. The van der Waals surface area contributed by atoms with Crippen molar-refractivity contribution in [2.45, 2.75) is 218 Å². The van der Waals surface area contributed by atoms with E-state index in [0.717, 1.165) is 69.7 Å². The zero-order chi connectivity index (χ0) is 42.4. The second-order valence-corrected chi connectivity index (χ2v) is 19.6. The largest absolute Gasteiger partial charge is 0.481 e. The number of likely N-dealkylation sites (tertiary alicyclic amines) is 1. The van der Waals surface area contributed by atoms with Gasteiger partial charge in [-0.05, 0) is 98.4 Å². The van der Waals surface area contributed by atoms with Crippen molar-refractivity contribution in [3.8, 4) is 0 Å². The summed E-state index contributed by atoms with van der Waals surface area (Å²) >= 11 is 0. The fourth-order valence-corrected chi connectivity index (χ4v) is 9.26. The number of ether oxygens (including phenoxy) is 2. The topological polar surface area (TPSA) is 183 Å². The molecule has 4 aliphatic rings. The van der Waals surface area contributed by atoms with Crippen LogP contribution in [0.2, 0.25) is 0 Å². The van der Waals surface area contributed by atoms with E-state index < -0.39 is 17.2 Å². The van der Waals surface area contributed by atoms with Gasteiger partial charge >= 0.3 is 18.0 Å². The Bertz CT molecular complexity index is 1580. The lowest BCUT2D eigenvalue weighted by atomic mass is 9.84. The summed E-state index contributed by atoms with van der Waals surface area (Å²) in [6, 6.07) is -0.109. The maximum atomic E-state index is 12.7. The Hall–Kier alpha value is -3.55.